The van der Waals surface area contributed by atoms with Crippen LogP contribution in [-0.2, 0) is 25.7 Å². The van der Waals surface area contributed by atoms with E-state index in [9.17, 15) is 5.11 Å². The van der Waals surface area contributed by atoms with Gasteiger partial charge in [-0.05, 0) is 98.4 Å². The third kappa shape index (κ3) is 6.04. The molecule has 3 aliphatic heterocycles. The van der Waals surface area contributed by atoms with Crippen molar-refractivity contribution in [3.63, 3.8) is 0 Å². The van der Waals surface area contributed by atoms with Crippen LogP contribution in [0.15, 0.2) is 54.6 Å². The Morgan fingerprint density at radius 1 is 0.653 bits per heavy atom. The Bertz CT molecular complexity index is 1840. The first kappa shape index (κ1) is 32.7. The molecule has 258 valence electrons. The zero-order valence-electron chi connectivity index (χ0n) is 29.0. The maximum absolute atomic E-state index is 11.0. The minimum absolute atomic E-state index is 0.0261. The fourth-order valence-corrected chi connectivity index (χ4v) is 7.50. The number of phenolic OH excluding ortho intramolecular Hbond substituents is 1. The number of fused-ring (bicyclic) bond motifs is 4. The molecule has 49 heavy (non-hydrogen) atoms. The number of ether oxygens (including phenoxy) is 7. The molecular formula is C39H44N2O8. The predicted molar refractivity (Wildman–Crippen MR) is 185 cm³/mol. The van der Waals surface area contributed by atoms with Gasteiger partial charge in [0.15, 0.2) is 34.5 Å². The number of benzene rings is 4. The molecule has 2 atom stereocenters. The van der Waals surface area contributed by atoms with E-state index in [1.54, 1.807) is 28.4 Å². The second-order valence-corrected chi connectivity index (χ2v) is 12.9. The van der Waals surface area contributed by atoms with Gasteiger partial charge < -0.3 is 38.3 Å². The molecule has 7 rings (SSSR count). The molecule has 4 aromatic rings. The average molecular weight is 669 g/mol. The smallest absolute Gasteiger partial charge is 0.231 e. The number of aromatic hydroxyl groups is 1. The van der Waals surface area contributed by atoms with Gasteiger partial charge in [-0.3, -0.25) is 9.80 Å². The Morgan fingerprint density at radius 2 is 1.24 bits per heavy atom. The summed E-state index contributed by atoms with van der Waals surface area (Å²) in [7, 11) is 10.7. The van der Waals surface area contributed by atoms with Gasteiger partial charge in [-0.15, -0.1) is 0 Å². The van der Waals surface area contributed by atoms with Crippen molar-refractivity contribution >= 4 is 0 Å². The van der Waals surface area contributed by atoms with E-state index in [-0.39, 0.29) is 24.6 Å². The Morgan fingerprint density at radius 3 is 1.92 bits per heavy atom. The van der Waals surface area contributed by atoms with Crippen LogP contribution < -0.4 is 33.2 Å². The average Bonchev–Trinajstić information content (AvgIpc) is 3.61. The van der Waals surface area contributed by atoms with Crippen molar-refractivity contribution in [2.24, 2.45) is 0 Å². The first-order valence-corrected chi connectivity index (χ1v) is 16.6. The van der Waals surface area contributed by atoms with Crippen LogP contribution in [0.5, 0.6) is 51.7 Å². The SMILES string of the molecule is COc1ccc(CC2c3cc(OC)c(OC)c(O)c3CCN2C)cc1Oc1ccc(CC2c3cc(OC)c4c(c3CCN2C)OCO4)cc1. The third-order valence-electron chi connectivity index (χ3n) is 10.2. The van der Waals surface area contributed by atoms with Crippen LogP contribution in [0, 0.1) is 0 Å². The van der Waals surface area contributed by atoms with Crippen molar-refractivity contribution in [1.82, 2.24) is 9.80 Å². The van der Waals surface area contributed by atoms with Crippen molar-refractivity contribution in [3.8, 4) is 51.7 Å². The van der Waals surface area contributed by atoms with E-state index >= 15 is 0 Å². The second-order valence-electron chi connectivity index (χ2n) is 12.9. The summed E-state index contributed by atoms with van der Waals surface area (Å²) in [5, 5.41) is 11.0. The molecule has 4 aromatic carbocycles. The van der Waals surface area contributed by atoms with Crippen LogP contribution in [-0.4, -0.2) is 77.3 Å². The van der Waals surface area contributed by atoms with Gasteiger partial charge in [-0.2, -0.15) is 0 Å². The van der Waals surface area contributed by atoms with E-state index in [0.717, 1.165) is 60.5 Å². The molecule has 0 saturated heterocycles. The van der Waals surface area contributed by atoms with Crippen molar-refractivity contribution in [2.75, 3.05) is 62.4 Å². The van der Waals surface area contributed by atoms with Gasteiger partial charge >= 0.3 is 0 Å². The fourth-order valence-electron chi connectivity index (χ4n) is 7.50. The lowest BCUT2D eigenvalue weighted by atomic mass is 9.87. The van der Waals surface area contributed by atoms with Crippen LogP contribution in [0.3, 0.4) is 0 Å². The lowest BCUT2D eigenvalue weighted by Crippen LogP contribution is -2.33. The predicted octanol–water partition coefficient (Wildman–Crippen LogP) is 6.49. The monoisotopic (exact) mass is 668 g/mol. The van der Waals surface area contributed by atoms with Crippen LogP contribution in [0.4, 0.5) is 0 Å². The topological polar surface area (TPSA) is 91.3 Å². The van der Waals surface area contributed by atoms with E-state index in [2.05, 4.69) is 48.2 Å². The summed E-state index contributed by atoms with van der Waals surface area (Å²) in [5.74, 6) is 5.32. The van der Waals surface area contributed by atoms with Gasteiger partial charge in [0.1, 0.15) is 5.75 Å². The van der Waals surface area contributed by atoms with E-state index in [0.29, 0.717) is 40.9 Å². The fraction of sp³-hybridized carbons (Fsp3) is 0.385. The minimum atomic E-state index is 0.0261. The largest absolute Gasteiger partial charge is 0.504 e. The summed E-state index contributed by atoms with van der Waals surface area (Å²) in [6.07, 6.45) is 3.17. The Kier molecular flexibility index (Phi) is 9.09. The quantitative estimate of drug-likeness (QED) is 0.202. The molecular weight excluding hydrogens is 624 g/mol. The summed E-state index contributed by atoms with van der Waals surface area (Å²) in [4.78, 5) is 4.70. The van der Waals surface area contributed by atoms with E-state index < -0.39 is 0 Å². The van der Waals surface area contributed by atoms with E-state index in [1.165, 1.54) is 16.7 Å². The summed E-state index contributed by atoms with van der Waals surface area (Å²) in [6, 6.07) is 18.6. The highest BCUT2D eigenvalue weighted by Gasteiger charge is 2.34. The molecule has 0 bridgehead atoms. The molecule has 0 aliphatic carbocycles. The van der Waals surface area contributed by atoms with Gasteiger partial charge in [0.2, 0.25) is 18.3 Å². The van der Waals surface area contributed by atoms with Crippen LogP contribution in [0.2, 0.25) is 0 Å². The van der Waals surface area contributed by atoms with Crippen molar-refractivity contribution in [3.05, 3.63) is 88.0 Å². The number of likely N-dealkylation sites (N-methyl/N-ethyl adjacent to an activating group) is 2. The highest BCUT2D eigenvalue weighted by atomic mass is 16.7. The van der Waals surface area contributed by atoms with Crippen LogP contribution in [0.25, 0.3) is 0 Å². The number of phenols is 1. The molecule has 1 N–H and O–H groups in total. The number of methoxy groups -OCH3 is 4. The molecule has 0 spiro atoms. The van der Waals surface area contributed by atoms with E-state index in [4.69, 9.17) is 33.2 Å². The third-order valence-corrected chi connectivity index (χ3v) is 10.2. The Labute approximate surface area is 287 Å². The number of rotatable bonds is 10. The lowest BCUT2D eigenvalue weighted by Gasteiger charge is -2.36. The zero-order valence-corrected chi connectivity index (χ0v) is 29.0. The molecule has 0 saturated carbocycles. The van der Waals surface area contributed by atoms with E-state index in [1.807, 2.05) is 30.3 Å². The summed E-state index contributed by atoms with van der Waals surface area (Å²) < 4.78 is 40.5. The van der Waals surface area contributed by atoms with Crippen molar-refractivity contribution in [1.29, 1.82) is 0 Å². The number of hydrogen-bond acceptors (Lipinski definition) is 10. The molecule has 10 nitrogen and oxygen atoms in total. The Hall–Kier alpha value is -4.80. The van der Waals surface area contributed by atoms with Crippen molar-refractivity contribution < 1.29 is 38.3 Å². The van der Waals surface area contributed by atoms with Gasteiger partial charge in [0, 0.05) is 36.3 Å². The molecule has 0 amide bonds. The molecule has 10 heteroatoms. The summed E-state index contributed by atoms with van der Waals surface area (Å²) in [5.41, 5.74) is 6.65. The normalized spacial score (nSPS) is 18.4. The first-order chi connectivity index (χ1) is 23.8. The van der Waals surface area contributed by atoms with Gasteiger partial charge in [0.05, 0.1) is 28.4 Å². The molecule has 0 radical (unpaired) electrons. The summed E-state index contributed by atoms with van der Waals surface area (Å²) in [6.45, 7) is 1.97. The van der Waals surface area contributed by atoms with Crippen LogP contribution >= 0.6 is 0 Å². The molecule has 3 heterocycles. The van der Waals surface area contributed by atoms with Crippen LogP contribution in [0.1, 0.15) is 45.5 Å². The zero-order chi connectivity index (χ0) is 34.2. The summed E-state index contributed by atoms with van der Waals surface area (Å²) >= 11 is 0. The molecule has 0 aromatic heterocycles. The molecule has 2 unspecified atom stereocenters. The Balaban J connectivity index is 1.11. The van der Waals surface area contributed by atoms with Gasteiger partial charge in [-0.25, -0.2) is 0 Å². The number of nitrogens with zero attached hydrogens (tertiary/aromatic N) is 2. The maximum atomic E-state index is 11.0. The first-order valence-electron chi connectivity index (χ1n) is 16.6. The van der Waals surface area contributed by atoms with Crippen molar-refractivity contribution in [2.45, 2.75) is 37.8 Å². The maximum Gasteiger partial charge on any atom is 0.231 e. The molecule has 0 fully saturated rings. The molecule has 3 aliphatic rings. The van der Waals surface area contributed by atoms with Gasteiger partial charge in [-0.1, -0.05) is 18.2 Å². The second kappa shape index (κ2) is 13.6. The standard InChI is InChI=1S/C39H44N2O8/c1-40-15-13-26-28(20-34(44-4)38(46-6)36(26)42)31(40)18-24-9-12-32(43-3)33(19-24)49-25-10-7-23(8-11-25)17-30-29-21-35(45-5)39-37(47-22-48-39)27(29)14-16-41(30)2/h7-12,19-21,30-31,42H,13-18,22H2,1-6H3. The number of hydrogen-bond donors (Lipinski definition) is 1. The van der Waals surface area contributed by atoms with Gasteiger partial charge in [0.25, 0.3) is 0 Å². The highest BCUT2D eigenvalue weighted by Crippen LogP contribution is 2.50. The lowest BCUT2D eigenvalue weighted by molar-refractivity contribution is 0.169. The highest BCUT2D eigenvalue weighted by molar-refractivity contribution is 5.62. The minimum Gasteiger partial charge on any atom is -0.504 e.